The van der Waals surface area contributed by atoms with E-state index in [4.69, 9.17) is 4.74 Å². The number of hydrogen-bond donors (Lipinski definition) is 1. The fourth-order valence-corrected chi connectivity index (χ4v) is 3.21. The fraction of sp³-hybridized carbons (Fsp3) is 0.571. The summed E-state index contributed by atoms with van der Waals surface area (Å²) in [5.74, 6) is -1.00. The van der Waals surface area contributed by atoms with E-state index in [2.05, 4.69) is 0 Å². The molecule has 1 atom stereocenters. The van der Waals surface area contributed by atoms with E-state index in [0.29, 0.717) is 19.7 Å². The summed E-state index contributed by atoms with van der Waals surface area (Å²) in [6.07, 6.45) is 2.00. The molecule has 6 nitrogen and oxygen atoms in total. The van der Waals surface area contributed by atoms with E-state index in [-0.39, 0.29) is 18.7 Å². The predicted octanol–water partition coefficient (Wildman–Crippen LogP) is 1.62. The number of thiophene rings is 1. The quantitative estimate of drug-likeness (QED) is 0.917. The van der Waals surface area contributed by atoms with E-state index in [0.717, 1.165) is 17.7 Å². The number of carboxylic acids is 1. The Kier molecular flexibility index (Phi) is 4.12. The van der Waals surface area contributed by atoms with Gasteiger partial charge in [-0.25, -0.2) is 9.59 Å². The summed E-state index contributed by atoms with van der Waals surface area (Å²) < 4.78 is 5.19. The average molecular weight is 310 g/mol. The van der Waals surface area contributed by atoms with E-state index in [1.165, 1.54) is 4.90 Å². The van der Waals surface area contributed by atoms with Gasteiger partial charge >= 0.3 is 12.0 Å². The van der Waals surface area contributed by atoms with Crippen LogP contribution in [0.5, 0.6) is 0 Å². The zero-order chi connectivity index (χ0) is 14.8. The van der Waals surface area contributed by atoms with Gasteiger partial charge < -0.3 is 19.6 Å². The van der Waals surface area contributed by atoms with Crippen LogP contribution in [0.25, 0.3) is 0 Å². The molecule has 114 valence electrons. The minimum absolute atomic E-state index is 0.0680. The number of carboxylic acid groups (broad SMARTS) is 1. The van der Waals surface area contributed by atoms with E-state index < -0.39 is 12.0 Å². The summed E-state index contributed by atoms with van der Waals surface area (Å²) >= 11 is 1.61. The molecule has 2 aliphatic rings. The third-order valence-corrected chi connectivity index (χ3v) is 4.66. The number of carbonyl (C=O) groups is 2. The SMILES string of the molecule is O=C(O)C1COCCN1C(=O)N(Cc1cccs1)C1CC1. The Morgan fingerprint density at radius 3 is 2.90 bits per heavy atom. The van der Waals surface area contributed by atoms with Crippen LogP contribution in [0.1, 0.15) is 17.7 Å². The van der Waals surface area contributed by atoms with Crippen LogP contribution >= 0.6 is 11.3 Å². The Bertz CT molecular complexity index is 515. The molecule has 0 spiro atoms. The van der Waals surface area contributed by atoms with E-state index in [1.54, 1.807) is 11.3 Å². The second kappa shape index (κ2) is 6.03. The summed E-state index contributed by atoms with van der Waals surface area (Å²) in [7, 11) is 0. The highest BCUT2D eigenvalue weighted by molar-refractivity contribution is 7.09. The van der Waals surface area contributed by atoms with Crippen molar-refractivity contribution in [1.82, 2.24) is 9.80 Å². The summed E-state index contributed by atoms with van der Waals surface area (Å²) in [6.45, 7) is 1.36. The second-order valence-electron chi connectivity index (χ2n) is 5.34. The molecule has 3 rings (SSSR count). The van der Waals surface area contributed by atoms with Crippen molar-refractivity contribution in [3.05, 3.63) is 22.4 Å². The number of rotatable bonds is 4. The monoisotopic (exact) mass is 310 g/mol. The third-order valence-electron chi connectivity index (χ3n) is 3.80. The molecule has 0 radical (unpaired) electrons. The lowest BCUT2D eigenvalue weighted by Gasteiger charge is -2.36. The highest BCUT2D eigenvalue weighted by atomic mass is 32.1. The molecule has 1 aromatic heterocycles. The molecule has 1 N–H and O–H groups in total. The molecule has 1 aliphatic heterocycles. The van der Waals surface area contributed by atoms with Crippen molar-refractivity contribution < 1.29 is 19.4 Å². The average Bonchev–Trinajstić information content (AvgIpc) is 3.20. The molecule has 1 saturated carbocycles. The molecule has 2 fully saturated rings. The molecule has 7 heteroatoms. The van der Waals surface area contributed by atoms with Gasteiger partial charge in [-0.2, -0.15) is 0 Å². The van der Waals surface area contributed by atoms with E-state index in [9.17, 15) is 14.7 Å². The summed E-state index contributed by atoms with van der Waals surface area (Å²) in [6, 6.07) is 3.15. The fourth-order valence-electron chi connectivity index (χ4n) is 2.51. The molecule has 0 bridgehead atoms. The number of aliphatic carboxylic acids is 1. The van der Waals surface area contributed by atoms with Crippen LogP contribution in [0.2, 0.25) is 0 Å². The first kappa shape index (κ1) is 14.3. The number of carbonyl (C=O) groups excluding carboxylic acids is 1. The van der Waals surface area contributed by atoms with Gasteiger partial charge in [0.2, 0.25) is 0 Å². The minimum Gasteiger partial charge on any atom is -0.480 e. The van der Waals surface area contributed by atoms with E-state index >= 15 is 0 Å². The van der Waals surface area contributed by atoms with Crippen molar-refractivity contribution in [3.63, 3.8) is 0 Å². The normalized spacial score (nSPS) is 22.1. The standard InChI is InChI=1S/C14H18N2O4S/c17-13(18)12-9-20-6-5-15(12)14(19)16(10-3-4-10)8-11-2-1-7-21-11/h1-2,7,10,12H,3-6,8-9H2,(H,17,18). The van der Waals surface area contributed by atoms with Crippen molar-refractivity contribution in [2.75, 3.05) is 19.8 Å². The number of nitrogens with zero attached hydrogens (tertiary/aromatic N) is 2. The first-order chi connectivity index (χ1) is 10.2. The molecule has 2 heterocycles. The molecule has 2 amide bonds. The lowest BCUT2D eigenvalue weighted by Crippen LogP contribution is -2.56. The molecule has 1 saturated heterocycles. The Balaban J connectivity index is 1.75. The molecule has 1 aromatic rings. The minimum atomic E-state index is -1.00. The van der Waals surface area contributed by atoms with Gasteiger partial charge in [-0.3, -0.25) is 0 Å². The zero-order valence-electron chi connectivity index (χ0n) is 11.6. The maximum atomic E-state index is 12.8. The predicted molar refractivity (Wildman–Crippen MR) is 77.2 cm³/mol. The van der Waals surface area contributed by atoms with Crippen LogP contribution < -0.4 is 0 Å². The Labute approximate surface area is 126 Å². The van der Waals surface area contributed by atoms with Crippen molar-refractivity contribution in [2.24, 2.45) is 0 Å². The lowest BCUT2D eigenvalue weighted by molar-refractivity contribution is -0.147. The van der Waals surface area contributed by atoms with Crippen molar-refractivity contribution in [3.8, 4) is 0 Å². The smallest absolute Gasteiger partial charge is 0.328 e. The summed E-state index contributed by atoms with van der Waals surface area (Å²) in [4.78, 5) is 28.4. The highest BCUT2D eigenvalue weighted by Crippen LogP contribution is 2.30. The van der Waals surface area contributed by atoms with Gasteiger partial charge in [0.1, 0.15) is 0 Å². The first-order valence-electron chi connectivity index (χ1n) is 7.07. The topological polar surface area (TPSA) is 70.1 Å². The highest BCUT2D eigenvalue weighted by Gasteiger charge is 2.40. The van der Waals surface area contributed by atoms with Crippen molar-refractivity contribution >= 4 is 23.3 Å². The Hall–Kier alpha value is -1.60. The van der Waals surface area contributed by atoms with Crippen LogP contribution in [0.15, 0.2) is 17.5 Å². The van der Waals surface area contributed by atoms with Crippen LogP contribution in [-0.4, -0.2) is 58.7 Å². The number of ether oxygens (including phenoxy) is 1. The largest absolute Gasteiger partial charge is 0.480 e. The third kappa shape index (κ3) is 3.19. The van der Waals surface area contributed by atoms with Crippen LogP contribution in [0.4, 0.5) is 4.79 Å². The molecule has 21 heavy (non-hydrogen) atoms. The maximum Gasteiger partial charge on any atom is 0.328 e. The Morgan fingerprint density at radius 2 is 2.29 bits per heavy atom. The van der Waals surface area contributed by atoms with Crippen LogP contribution in [0.3, 0.4) is 0 Å². The molecular weight excluding hydrogens is 292 g/mol. The van der Waals surface area contributed by atoms with Crippen molar-refractivity contribution in [2.45, 2.75) is 31.5 Å². The Morgan fingerprint density at radius 1 is 1.48 bits per heavy atom. The van der Waals surface area contributed by atoms with Crippen LogP contribution in [-0.2, 0) is 16.1 Å². The maximum absolute atomic E-state index is 12.8. The van der Waals surface area contributed by atoms with Crippen molar-refractivity contribution in [1.29, 1.82) is 0 Å². The number of morpholine rings is 1. The second-order valence-corrected chi connectivity index (χ2v) is 6.38. The van der Waals surface area contributed by atoms with Gasteiger partial charge in [0.05, 0.1) is 19.8 Å². The van der Waals surface area contributed by atoms with Gasteiger partial charge in [-0.1, -0.05) is 6.07 Å². The summed E-state index contributed by atoms with van der Waals surface area (Å²) in [5, 5.41) is 11.2. The van der Waals surface area contributed by atoms with Gasteiger partial charge in [-0.15, -0.1) is 11.3 Å². The number of hydrogen-bond acceptors (Lipinski definition) is 4. The number of amides is 2. The zero-order valence-corrected chi connectivity index (χ0v) is 12.4. The molecule has 1 aliphatic carbocycles. The summed E-state index contributed by atoms with van der Waals surface area (Å²) in [5.41, 5.74) is 0. The van der Waals surface area contributed by atoms with Gasteiger partial charge in [0.15, 0.2) is 6.04 Å². The van der Waals surface area contributed by atoms with Gasteiger partial charge in [-0.05, 0) is 24.3 Å². The van der Waals surface area contributed by atoms with E-state index in [1.807, 2.05) is 22.4 Å². The molecule has 1 unspecified atom stereocenters. The van der Waals surface area contributed by atoms with Gasteiger partial charge in [0, 0.05) is 17.5 Å². The van der Waals surface area contributed by atoms with Crippen LogP contribution in [0, 0.1) is 0 Å². The lowest BCUT2D eigenvalue weighted by atomic mass is 10.2. The number of urea groups is 1. The van der Waals surface area contributed by atoms with Gasteiger partial charge in [0.25, 0.3) is 0 Å². The first-order valence-corrected chi connectivity index (χ1v) is 7.95. The molecular formula is C14H18N2O4S. The molecule has 0 aromatic carbocycles.